The number of hydrogen-bond acceptors (Lipinski definition) is 9. The molecule has 2 aliphatic rings. The summed E-state index contributed by atoms with van der Waals surface area (Å²) in [5, 5.41) is 10.2. The lowest BCUT2D eigenvalue weighted by molar-refractivity contribution is -0.138. The van der Waals surface area contributed by atoms with Crippen molar-refractivity contribution in [2.24, 2.45) is 0 Å². The van der Waals surface area contributed by atoms with Crippen molar-refractivity contribution in [3.05, 3.63) is 188 Å². The van der Waals surface area contributed by atoms with E-state index in [2.05, 4.69) is 20.5 Å². The zero-order valence-corrected chi connectivity index (χ0v) is 40.3. The number of hydrogen-bond donors (Lipinski definition) is 2. The van der Waals surface area contributed by atoms with Crippen LogP contribution in [0.3, 0.4) is 0 Å². The van der Waals surface area contributed by atoms with E-state index in [0.29, 0.717) is 34.0 Å². The van der Waals surface area contributed by atoms with Gasteiger partial charge in [-0.25, -0.2) is 19.3 Å². The average molecular weight is 1010 g/mol. The van der Waals surface area contributed by atoms with Gasteiger partial charge in [-0.2, -0.15) is 18.3 Å². The van der Waals surface area contributed by atoms with Crippen molar-refractivity contribution in [3.63, 3.8) is 0 Å². The van der Waals surface area contributed by atoms with Gasteiger partial charge in [0.25, 0.3) is 17.4 Å². The highest BCUT2D eigenvalue weighted by atomic mass is 19.4. The van der Waals surface area contributed by atoms with Gasteiger partial charge in [0.2, 0.25) is 5.91 Å². The summed E-state index contributed by atoms with van der Waals surface area (Å²) >= 11 is 0. The number of carbonyl (C=O) groups excluding carboxylic acids is 4. The predicted molar refractivity (Wildman–Crippen MR) is 268 cm³/mol. The van der Waals surface area contributed by atoms with Gasteiger partial charge in [0.15, 0.2) is 0 Å². The first-order valence-corrected chi connectivity index (χ1v) is 24.2. The molecule has 2 N–H and O–H groups in total. The highest BCUT2D eigenvalue weighted by Gasteiger charge is 2.37. The van der Waals surface area contributed by atoms with Crippen molar-refractivity contribution >= 4 is 34.6 Å². The van der Waals surface area contributed by atoms with Crippen molar-refractivity contribution in [1.82, 2.24) is 35.2 Å². The first kappa shape index (κ1) is 50.7. The molecule has 3 heterocycles. The molecular formula is C56H51F4N7O7. The zero-order valence-electron chi connectivity index (χ0n) is 40.3. The van der Waals surface area contributed by atoms with Gasteiger partial charge >= 0.3 is 12.3 Å². The van der Waals surface area contributed by atoms with Gasteiger partial charge < -0.3 is 24.6 Å². The third kappa shape index (κ3) is 11.2. The molecule has 7 aromatic rings. The quantitative estimate of drug-likeness (QED) is 0.0716. The second-order valence-electron chi connectivity index (χ2n) is 18.0. The molecular weight excluding hydrogens is 959 g/mol. The number of nitrogens with one attached hydrogen (secondary N) is 2. The number of rotatable bonds is 16. The van der Waals surface area contributed by atoms with Crippen molar-refractivity contribution in [3.8, 4) is 22.3 Å². The molecule has 14 nitrogen and oxygen atoms in total. The van der Waals surface area contributed by atoms with Crippen LogP contribution in [0.2, 0.25) is 0 Å². The van der Waals surface area contributed by atoms with Crippen LogP contribution < -0.4 is 10.9 Å². The molecule has 380 valence electrons. The van der Waals surface area contributed by atoms with E-state index in [0.717, 1.165) is 33.9 Å². The minimum absolute atomic E-state index is 0.0268. The summed E-state index contributed by atoms with van der Waals surface area (Å²) in [6, 6.07) is 34.9. The van der Waals surface area contributed by atoms with Gasteiger partial charge in [0.1, 0.15) is 24.7 Å². The molecule has 1 aliphatic carbocycles. The molecule has 0 bridgehead atoms. The number of H-pyrrole nitrogens is 1. The van der Waals surface area contributed by atoms with Crippen LogP contribution in [0.1, 0.15) is 67.2 Å². The standard InChI is InChI=1S/C56H51F4N7O7/c1-2-35-10-9-11-37(28-35)38-31-47(56(58,59)60)51(62-32-38)53(70)61-20-26-73-27-25-67(55(72)74-34-46-41-14-5-3-12-39(41)40-13-4-6-15-42(40)46)33-50(68)65-21-23-66(24-22-65)54(71)45-29-36(18-19-48(45)57)30-49-43-16-7-8-17-44(43)52(69)64-63-49/h3-19,28-29,31-32,46H,2,20-27,30,33-34H2,1H3,(H,61,70)(H,64,69). The Hall–Kier alpha value is -8.25. The average Bonchev–Trinajstić information content (AvgIpc) is 3.74. The number of fused-ring (bicyclic) bond motifs is 4. The second kappa shape index (κ2) is 22.3. The zero-order chi connectivity index (χ0) is 51.9. The number of carbonyl (C=O) groups is 4. The second-order valence-corrected chi connectivity index (χ2v) is 18.0. The Bertz CT molecular complexity index is 3260. The number of aryl methyl sites for hydroxylation is 1. The topological polar surface area (TPSA) is 167 Å². The fourth-order valence-electron chi connectivity index (χ4n) is 9.45. The molecule has 1 aliphatic heterocycles. The summed E-state index contributed by atoms with van der Waals surface area (Å²) in [4.78, 5) is 75.1. The van der Waals surface area contributed by atoms with Crippen LogP contribution in [-0.2, 0) is 33.3 Å². The minimum Gasteiger partial charge on any atom is -0.448 e. The number of benzene rings is 5. The van der Waals surface area contributed by atoms with Crippen molar-refractivity contribution in [1.29, 1.82) is 0 Å². The first-order chi connectivity index (χ1) is 35.8. The fraction of sp³-hybridized carbons (Fsp3) is 0.268. The molecule has 0 spiro atoms. The van der Waals surface area contributed by atoms with Crippen LogP contribution in [0.25, 0.3) is 33.0 Å². The monoisotopic (exact) mass is 1010 g/mol. The van der Waals surface area contributed by atoms with E-state index >= 15 is 4.39 Å². The maximum Gasteiger partial charge on any atom is 0.418 e. The minimum atomic E-state index is -4.87. The van der Waals surface area contributed by atoms with E-state index < -0.39 is 53.6 Å². The number of halogens is 4. The molecule has 0 saturated carbocycles. The summed E-state index contributed by atoms with van der Waals surface area (Å²) in [5.74, 6) is -3.03. The molecule has 4 amide bonds. The number of alkyl halides is 3. The molecule has 74 heavy (non-hydrogen) atoms. The highest BCUT2D eigenvalue weighted by Crippen LogP contribution is 2.44. The summed E-state index contributed by atoms with van der Waals surface area (Å²) in [6.07, 6.45) is -3.52. The molecule has 1 fully saturated rings. The Morgan fingerprint density at radius 2 is 1.47 bits per heavy atom. The number of nitrogens with zero attached hydrogens (tertiary/aromatic N) is 5. The van der Waals surface area contributed by atoms with Crippen LogP contribution in [0.5, 0.6) is 0 Å². The van der Waals surface area contributed by atoms with Crippen LogP contribution in [-0.4, -0.2) is 119 Å². The van der Waals surface area contributed by atoms with Gasteiger partial charge in [-0.15, -0.1) is 0 Å². The number of piperazine rings is 1. The summed E-state index contributed by atoms with van der Waals surface area (Å²) in [7, 11) is 0. The summed E-state index contributed by atoms with van der Waals surface area (Å²) in [6.45, 7) is 1.23. The van der Waals surface area contributed by atoms with E-state index in [1.807, 2.05) is 61.5 Å². The van der Waals surface area contributed by atoms with Gasteiger partial charge in [-0.05, 0) is 69.6 Å². The Labute approximate surface area is 422 Å². The van der Waals surface area contributed by atoms with Crippen molar-refractivity contribution < 1.29 is 46.2 Å². The lowest BCUT2D eigenvalue weighted by Gasteiger charge is -2.36. The molecule has 18 heteroatoms. The molecule has 9 rings (SSSR count). The maximum atomic E-state index is 15.3. The van der Waals surface area contributed by atoms with E-state index in [1.54, 1.807) is 48.5 Å². The van der Waals surface area contributed by atoms with E-state index in [9.17, 15) is 37.1 Å². The van der Waals surface area contributed by atoms with Gasteiger partial charge in [0.05, 0.1) is 35.4 Å². The van der Waals surface area contributed by atoms with E-state index in [1.165, 1.54) is 33.0 Å². The van der Waals surface area contributed by atoms with Gasteiger partial charge in [0, 0.05) is 68.8 Å². The SMILES string of the molecule is CCc1cccc(-c2cnc(C(=O)NCCOCCN(CC(=O)N3CCN(C(=O)c4cc(Cc5n[nH]c(=O)c6ccccc56)ccc4F)CC3)C(=O)OCC3c4ccccc4-c4ccccc43)c(C(F)(F)F)c2)c1. The number of ether oxygens (including phenoxy) is 2. The molecule has 1 saturated heterocycles. The van der Waals surface area contributed by atoms with Crippen molar-refractivity contribution in [2.45, 2.75) is 31.9 Å². The number of aromatic amines is 1. The summed E-state index contributed by atoms with van der Waals surface area (Å²) in [5.41, 5.74) is 4.42. The predicted octanol–water partition coefficient (Wildman–Crippen LogP) is 8.28. The molecule has 5 aromatic carbocycles. The van der Waals surface area contributed by atoms with Crippen LogP contribution >= 0.6 is 0 Å². The van der Waals surface area contributed by atoms with Crippen molar-refractivity contribution in [2.75, 3.05) is 65.6 Å². The molecule has 0 atom stereocenters. The molecule has 0 unspecified atom stereocenters. The smallest absolute Gasteiger partial charge is 0.418 e. The first-order valence-electron chi connectivity index (χ1n) is 24.2. The Balaban J connectivity index is 0.823. The molecule has 0 radical (unpaired) electrons. The maximum absolute atomic E-state index is 15.3. The lowest BCUT2D eigenvalue weighted by Crippen LogP contribution is -2.53. The third-order valence-electron chi connectivity index (χ3n) is 13.4. The van der Waals surface area contributed by atoms with E-state index in [-0.39, 0.29) is 88.1 Å². The Kier molecular flexibility index (Phi) is 15.2. The highest BCUT2D eigenvalue weighted by molar-refractivity contribution is 5.95. The fourth-order valence-corrected chi connectivity index (χ4v) is 9.45. The largest absolute Gasteiger partial charge is 0.448 e. The van der Waals surface area contributed by atoms with Gasteiger partial charge in [-0.1, -0.05) is 104 Å². The third-order valence-corrected chi connectivity index (χ3v) is 13.4. The number of pyridine rings is 1. The van der Waals surface area contributed by atoms with Crippen LogP contribution in [0.15, 0.2) is 132 Å². The van der Waals surface area contributed by atoms with Crippen LogP contribution in [0, 0.1) is 5.82 Å². The molecule has 2 aromatic heterocycles. The number of amides is 4. The lowest BCUT2D eigenvalue weighted by atomic mass is 9.98. The van der Waals surface area contributed by atoms with Crippen LogP contribution in [0.4, 0.5) is 22.4 Å². The normalized spacial score (nSPS) is 13.4. The summed E-state index contributed by atoms with van der Waals surface area (Å²) < 4.78 is 69.7. The Morgan fingerprint density at radius 3 is 2.19 bits per heavy atom. The van der Waals surface area contributed by atoms with E-state index in [4.69, 9.17) is 9.47 Å². The Morgan fingerprint density at radius 1 is 0.784 bits per heavy atom. The van der Waals surface area contributed by atoms with Gasteiger partial charge in [-0.3, -0.25) is 24.1 Å². The number of aromatic nitrogens is 3.